The maximum atomic E-state index is 12.2. The molecule has 110 valence electrons. The topological polar surface area (TPSA) is 44.1 Å². The van der Waals surface area contributed by atoms with Crippen LogP contribution in [0.3, 0.4) is 0 Å². The summed E-state index contributed by atoms with van der Waals surface area (Å²) in [6.45, 7) is 0.802. The molecule has 0 N–H and O–H groups in total. The first-order valence-corrected chi connectivity index (χ1v) is 8.38. The van der Waals surface area contributed by atoms with Gasteiger partial charge >= 0.3 is 0 Å². The number of ketones is 1. The largest absolute Gasteiger partial charge is 0.356 e. The van der Waals surface area contributed by atoms with E-state index in [0.717, 1.165) is 58.8 Å². The molecule has 0 amide bonds. The maximum Gasteiger partial charge on any atom is 0.164 e. The number of hydrogen-bond donors (Lipinski definition) is 0. The van der Waals surface area contributed by atoms with Gasteiger partial charge in [-0.1, -0.05) is 0 Å². The Bertz CT molecular complexity index is 717. The van der Waals surface area contributed by atoms with Crippen molar-refractivity contribution >= 4 is 32.6 Å². The summed E-state index contributed by atoms with van der Waals surface area (Å²) in [5.74, 6) is 0.242. The second kappa shape index (κ2) is 5.21. The summed E-state index contributed by atoms with van der Waals surface area (Å²) >= 11 is 3.63. The van der Waals surface area contributed by atoms with Gasteiger partial charge in [0.05, 0.1) is 11.7 Å². The molecule has 0 radical (unpaired) electrons. The van der Waals surface area contributed by atoms with Gasteiger partial charge in [-0.15, -0.1) is 0 Å². The van der Waals surface area contributed by atoms with Crippen molar-refractivity contribution in [1.82, 2.24) is 9.78 Å². The first-order chi connectivity index (χ1) is 10.3. The molecule has 4 nitrogen and oxygen atoms in total. The van der Waals surface area contributed by atoms with Gasteiger partial charge in [0.1, 0.15) is 0 Å². The van der Waals surface area contributed by atoms with E-state index in [1.807, 2.05) is 10.9 Å². The third kappa shape index (κ3) is 2.14. The van der Waals surface area contributed by atoms with Crippen molar-refractivity contribution in [2.24, 2.45) is 0 Å². The van der Waals surface area contributed by atoms with Gasteiger partial charge in [0.2, 0.25) is 0 Å². The van der Waals surface area contributed by atoms with Crippen molar-refractivity contribution in [2.75, 3.05) is 6.61 Å². The molecule has 1 saturated heterocycles. The molecule has 1 aromatic carbocycles. The Balaban J connectivity index is 1.88. The Hall–Kier alpha value is -1.20. The highest BCUT2D eigenvalue weighted by atomic mass is 79.9. The summed E-state index contributed by atoms with van der Waals surface area (Å²) in [6, 6.07) is 2.14. The van der Waals surface area contributed by atoms with E-state index in [0.29, 0.717) is 6.42 Å². The Morgan fingerprint density at radius 2 is 2.19 bits per heavy atom. The fourth-order valence-electron chi connectivity index (χ4n) is 3.41. The van der Waals surface area contributed by atoms with Crippen molar-refractivity contribution in [3.05, 3.63) is 27.9 Å². The summed E-state index contributed by atoms with van der Waals surface area (Å²) < 4.78 is 8.74. The Labute approximate surface area is 131 Å². The number of carbonyl (C=O) groups excluding carboxylic acids is 1. The molecule has 0 bridgehead atoms. The zero-order valence-electron chi connectivity index (χ0n) is 11.8. The predicted molar refractivity (Wildman–Crippen MR) is 83.5 cm³/mol. The molecule has 1 aliphatic heterocycles. The summed E-state index contributed by atoms with van der Waals surface area (Å²) in [6.07, 6.45) is 7.74. The first kappa shape index (κ1) is 13.5. The van der Waals surface area contributed by atoms with Crippen LogP contribution >= 0.6 is 15.9 Å². The van der Waals surface area contributed by atoms with E-state index in [1.165, 1.54) is 6.42 Å². The van der Waals surface area contributed by atoms with Gasteiger partial charge in [-0.05, 0) is 59.7 Å². The molecule has 1 aromatic heterocycles. The smallest absolute Gasteiger partial charge is 0.164 e. The van der Waals surface area contributed by atoms with Gasteiger partial charge in [0.25, 0.3) is 0 Å². The number of halogens is 1. The van der Waals surface area contributed by atoms with Gasteiger partial charge in [0, 0.05) is 28.5 Å². The fourth-order valence-corrected chi connectivity index (χ4v) is 4.19. The lowest BCUT2D eigenvalue weighted by Gasteiger charge is -2.24. The quantitative estimate of drug-likeness (QED) is 0.781. The molecule has 4 rings (SSSR count). The molecule has 0 spiro atoms. The van der Waals surface area contributed by atoms with Crippen LogP contribution in [-0.2, 0) is 11.2 Å². The molecular weight excluding hydrogens is 332 g/mol. The number of rotatable bonds is 1. The minimum absolute atomic E-state index is 0.0282. The number of ether oxygens (including phenoxy) is 1. The number of benzene rings is 1. The average molecular weight is 349 g/mol. The Morgan fingerprint density at radius 3 is 3.00 bits per heavy atom. The zero-order valence-corrected chi connectivity index (χ0v) is 13.4. The minimum Gasteiger partial charge on any atom is -0.356 e. The monoisotopic (exact) mass is 348 g/mol. The number of carbonyl (C=O) groups is 1. The highest BCUT2D eigenvalue weighted by Crippen LogP contribution is 2.36. The van der Waals surface area contributed by atoms with Crippen LogP contribution in [0.25, 0.3) is 10.9 Å². The standard InChI is InChI=1S/C16H17BrN2O2/c17-16-11-9-18-19(14-6-1-2-7-21-14)12(11)8-10-4-3-5-13(20)15(10)16/h8-9,14H,1-7H2. The lowest BCUT2D eigenvalue weighted by molar-refractivity contribution is -0.0366. The fraction of sp³-hybridized carbons (Fsp3) is 0.500. The Morgan fingerprint density at radius 1 is 1.29 bits per heavy atom. The van der Waals surface area contributed by atoms with Crippen LogP contribution < -0.4 is 0 Å². The molecule has 21 heavy (non-hydrogen) atoms. The van der Waals surface area contributed by atoms with Crippen molar-refractivity contribution in [1.29, 1.82) is 0 Å². The SMILES string of the molecule is O=C1CCCc2cc3c(cnn3C3CCCCO3)c(Br)c21. The molecule has 2 heterocycles. The van der Waals surface area contributed by atoms with E-state index < -0.39 is 0 Å². The predicted octanol–water partition coefficient (Wildman–Crippen LogP) is 4.02. The van der Waals surface area contributed by atoms with Gasteiger partial charge in [-0.2, -0.15) is 5.10 Å². The van der Waals surface area contributed by atoms with Gasteiger partial charge in [-0.25, -0.2) is 4.68 Å². The average Bonchev–Trinajstić information content (AvgIpc) is 2.92. The number of aryl methyl sites for hydroxylation is 1. The van der Waals surface area contributed by atoms with Gasteiger partial charge in [0.15, 0.2) is 12.0 Å². The van der Waals surface area contributed by atoms with E-state index in [-0.39, 0.29) is 12.0 Å². The van der Waals surface area contributed by atoms with Crippen LogP contribution in [0.15, 0.2) is 16.7 Å². The molecular formula is C16H17BrN2O2. The lowest BCUT2D eigenvalue weighted by atomic mass is 9.89. The molecule has 5 heteroatoms. The van der Waals surface area contributed by atoms with E-state index in [1.54, 1.807) is 0 Å². The summed E-state index contributed by atoms with van der Waals surface area (Å²) in [5.41, 5.74) is 3.07. The minimum atomic E-state index is 0.0282. The van der Waals surface area contributed by atoms with Crippen LogP contribution in [0.4, 0.5) is 0 Å². The van der Waals surface area contributed by atoms with E-state index in [9.17, 15) is 4.79 Å². The number of hydrogen-bond acceptors (Lipinski definition) is 3. The second-order valence-electron chi connectivity index (χ2n) is 5.84. The van der Waals surface area contributed by atoms with Crippen LogP contribution in [0, 0.1) is 0 Å². The molecule has 1 fully saturated rings. The summed E-state index contributed by atoms with van der Waals surface area (Å²) in [5, 5.41) is 5.54. The van der Waals surface area contributed by atoms with Crippen molar-refractivity contribution in [2.45, 2.75) is 44.8 Å². The number of Topliss-reactive ketones (excluding diaryl/α,β-unsaturated/α-hetero) is 1. The number of fused-ring (bicyclic) bond motifs is 2. The van der Waals surface area contributed by atoms with Crippen LogP contribution in [0.5, 0.6) is 0 Å². The summed E-state index contributed by atoms with van der Waals surface area (Å²) in [7, 11) is 0. The van der Waals surface area contributed by atoms with E-state index in [4.69, 9.17) is 4.74 Å². The maximum absolute atomic E-state index is 12.2. The van der Waals surface area contributed by atoms with Gasteiger partial charge in [-0.3, -0.25) is 4.79 Å². The molecule has 2 aromatic rings. The van der Waals surface area contributed by atoms with Crippen molar-refractivity contribution in [3.8, 4) is 0 Å². The molecule has 1 atom stereocenters. The molecule has 1 aliphatic carbocycles. The lowest BCUT2D eigenvalue weighted by Crippen LogP contribution is -2.19. The van der Waals surface area contributed by atoms with Crippen LogP contribution in [-0.4, -0.2) is 22.2 Å². The molecule has 0 saturated carbocycles. The normalized spacial score (nSPS) is 22.5. The van der Waals surface area contributed by atoms with Crippen molar-refractivity contribution < 1.29 is 9.53 Å². The van der Waals surface area contributed by atoms with E-state index in [2.05, 4.69) is 27.1 Å². The third-order valence-corrected chi connectivity index (χ3v) is 5.30. The zero-order chi connectivity index (χ0) is 14.4. The Kier molecular flexibility index (Phi) is 3.34. The van der Waals surface area contributed by atoms with E-state index >= 15 is 0 Å². The van der Waals surface area contributed by atoms with Crippen LogP contribution in [0.1, 0.15) is 54.3 Å². The van der Waals surface area contributed by atoms with Gasteiger partial charge < -0.3 is 4.74 Å². The number of nitrogens with zero attached hydrogens (tertiary/aromatic N) is 2. The summed E-state index contributed by atoms with van der Waals surface area (Å²) in [4.78, 5) is 12.2. The number of aromatic nitrogens is 2. The third-order valence-electron chi connectivity index (χ3n) is 4.48. The highest BCUT2D eigenvalue weighted by Gasteiger charge is 2.25. The molecule has 1 unspecified atom stereocenters. The highest BCUT2D eigenvalue weighted by molar-refractivity contribution is 9.10. The van der Waals surface area contributed by atoms with Crippen LogP contribution in [0.2, 0.25) is 0 Å². The molecule has 2 aliphatic rings. The first-order valence-electron chi connectivity index (χ1n) is 7.59. The second-order valence-corrected chi connectivity index (χ2v) is 6.64. The van der Waals surface area contributed by atoms with Crippen molar-refractivity contribution in [3.63, 3.8) is 0 Å².